The minimum atomic E-state index is 0.246. The molecule has 1 heterocycles. The normalized spacial score (nSPS) is 10.7. The summed E-state index contributed by atoms with van der Waals surface area (Å²) >= 11 is 1.66. The lowest BCUT2D eigenvalue weighted by molar-refractivity contribution is -0.129. The lowest BCUT2D eigenvalue weighted by Crippen LogP contribution is -2.28. The SMILES string of the molecule is CCCCCCCCCCN(C)C(=O)Cc1cccs1. The van der Waals surface area contributed by atoms with Gasteiger partial charge in [0.1, 0.15) is 0 Å². The zero-order valence-electron chi connectivity index (χ0n) is 13.1. The molecule has 0 aliphatic rings. The minimum absolute atomic E-state index is 0.246. The van der Waals surface area contributed by atoms with Crippen LogP contribution in [0.2, 0.25) is 0 Å². The van der Waals surface area contributed by atoms with Crippen LogP contribution in [0.1, 0.15) is 63.2 Å². The van der Waals surface area contributed by atoms with Crippen LogP contribution in [-0.4, -0.2) is 24.4 Å². The highest BCUT2D eigenvalue weighted by molar-refractivity contribution is 7.10. The van der Waals surface area contributed by atoms with Crippen molar-refractivity contribution in [1.29, 1.82) is 0 Å². The Kier molecular flexibility index (Phi) is 9.38. The van der Waals surface area contributed by atoms with Crippen molar-refractivity contribution in [2.75, 3.05) is 13.6 Å². The average molecular weight is 295 g/mol. The first-order valence-electron chi connectivity index (χ1n) is 8.00. The van der Waals surface area contributed by atoms with E-state index >= 15 is 0 Å². The number of likely N-dealkylation sites (N-methyl/N-ethyl adjacent to an activating group) is 1. The topological polar surface area (TPSA) is 20.3 Å². The monoisotopic (exact) mass is 295 g/mol. The molecule has 1 rings (SSSR count). The molecule has 0 saturated heterocycles. The van der Waals surface area contributed by atoms with Crippen molar-refractivity contribution < 1.29 is 4.79 Å². The van der Waals surface area contributed by atoms with E-state index in [-0.39, 0.29) is 5.91 Å². The molecular weight excluding hydrogens is 266 g/mol. The van der Waals surface area contributed by atoms with Gasteiger partial charge in [-0.25, -0.2) is 0 Å². The summed E-state index contributed by atoms with van der Waals surface area (Å²) in [4.78, 5) is 15.0. The van der Waals surface area contributed by atoms with Gasteiger partial charge in [0.15, 0.2) is 0 Å². The van der Waals surface area contributed by atoms with Crippen molar-refractivity contribution in [2.45, 2.75) is 64.7 Å². The molecular formula is C17H29NOS. The number of rotatable bonds is 11. The van der Waals surface area contributed by atoms with E-state index in [2.05, 4.69) is 6.92 Å². The molecule has 0 aliphatic heterocycles. The van der Waals surface area contributed by atoms with Gasteiger partial charge in [0.25, 0.3) is 0 Å². The number of hydrogen-bond acceptors (Lipinski definition) is 2. The predicted molar refractivity (Wildman–Crippen MR) is 88.3 cm³/mol. The molecule has 0 fully saturated rings. The second-order valence-electron chi connectivity index (χ2n) is 5.55. The smallest absolute Gasteiger partial charge is 0.227 e. The van der Waals surface area contributed by atoms with E-state index in [0.29, 0.717) is 6.42 Å². The Morgan fingerprint density at radius 1 is 1.10 bits per heavy atom. The van der Waals surface area contributed by atoms with Crippen molar-refractivity contribution in [2.24, 2.45) is 0 Å². The highest BCUT2D eigenvalue weighted by atomic mass is 32.1. The molecule has 114 valence electrons. The summed E-state index contributed by atoms with van der Waals surface area (Å²) in [5, 5.41) is 2.03. The zero-order chi connectivity index (χ0) is 14.6. The molecule has 1 aromatic rings. The van der Waals surface area contributed by atoms with Crippen molar-refractivity contribution in [1.82, 2.24) is 4.90 Å². The van der Waals surface area contributed by atoms with Gasteiger partial charge in [-0.2, -0.15) is 0 Å². The fourth-order valence-corrected chi connectivity index (χ4v) is 3.00. The quantitative estimate of drug-likeness (QED) is 0.532. The average Bonchev–Trinajstić information content (AvgIpc) is 2.94. The van der Waals surface area contributed by atoms with E-state index in [4.69, 9.17) is 0 Å². The first-order chi connectivity index (χ1) is 9.74. The first kappa shape index (κ1) is 17.2. The van der Waals surface area contributed by atoms with E-state index in [0.717, 1.165) is 17.8 Å². The summed E-state index contributed by atoms with van der Waals surface area (Å²) in [6.07, 6.45) is 11.1. The molecule has 0 radical (unpaired) electrons. The van der Waals surface area contributed by atoms with Crippen LogP contribution in [0.3, 0.4) is 0 Å². The standard InChI is InChI=1S/C17H29NOS/c1-3-4-5-6-7-8-9-10-13-18(2)17(19)15-16-12-11-14-20-16/h11-12,14H,3-10,13,15H2,1-2H3. The maximum Gasteiger partial charge on any atom is 0.227 e. The van der Waals surface area contributed by atoms with Gasteiger partial charge in [0.05, 0.1) is 6.42 Å². The van der Waals surface area contributed by atoms with Gasteiger partial charge in [-0.1, -0.05) is 57.9 Å². The van der Waals surface area contributed by atoms with Gasteiger partial charge >= 0.3 is 0 Å². The summed E-state index contributed by atoms with van der Waals surface area (Å²) in [6, 6.07) is 4.04. The summed E-state index contributed by atoms with van der Waals surface area (Å²) < 4.78 is 0. The number of amides is 1. The fraction of sp³-hybridized carbons (Fsp3) is 0.706. The number of carbonyl (C=O) groups is 1. The molecule has 2 nitrogen and oxygen atoms in total. The van der Waals surface area contributed by atoms with Crippen LogP contribution in [-0.2, 0) is 11.2 Å². The van der Waals surface area contributed by atoms with Crippen LogP contribution in [0.15, 0.2) is 17.5 Å². The summed E-state index contributed by atoms with van der Waals surface area (Å²) in [6.45, 7) is 3.15. The minimum Gasteiger partial charge on any atom is -0.345 e. The second kappa shape index (κ2) is 10.9. The Balaban J connectivity index is 1.99. The third kappa shape index (κ3) is 7.68. The highest BCUT2D eigenvalue weighted by Crippen LogP contribution is 2.11. The summed E-state index contributed by atoms with van der Waals surface area (Å²) in [5.74, 6) is 0.246. The number of nitrogens with zero attached hydrogens (tertiary/aromatic N) is 1. The molecule has 20 heavy (non-hydrogen) atoms. The molecule has 1 aromatic heterocycles. The Bertz CT molecular complexity index is 348. The number of hydrogen-bond donors (Lipinski definition) is 0. The first-order valence-corrected chi connectivity index (χ1v) is 8.88. The van der Waals surface area contributed by atoms with Gasteiger partial charge in [-0.05, 0) is 17.9 Å². The van der Waals surface area contributed by atoms with Crippen LogP contribution in [0, 0.1) is 0 Å². The van der Waals surface area contributed by atoms with Crippen molar-refractivity contribution in [3.05, 3.63) is 22.4 Å². The number of carbonyl (C=O) groups excluding carboxylic acids is 1. The van der Waals surface area contributed by atoms with Gasteiger partial charge in [0, 0.05) is 18.5 Å². The maximum atomic E-state index is 12.0. The van der Waals surface area contributed by atoms with E-state index in [9.17, 15) is 4.79 Å². The van der Waals surface area contributed by atoms with Crippen LogP contribution in [0.4, 0.5) is 0 Å². The Morgan fingerprint density at radius 2 is 1.75 bits per heavy atom. The number of unbranched alkanes of at least 4 members (excludes halogenated alkanes) is 7. The van der Waals surface area contributed by atoms with Gasteiger partial charge in [-0.15, -0.1) is 11.3 Å². The van der Waals surface area contributed by atoms with Gasteiger partial charge in [0.2, 0.25) is 5.91 Å². The second-order valence-corrected chi connectivity index (χ2v) is 6.58. The number of thiophene rings is 1. The molecule has 0 unspecified atom stereocenters. The Labute approximate surface area is 128 Å². The summed E-state index contributed by atoms with van der Waals surface area (Å²) in [7, 11) is 1.93. The predicted octanol–water partition coefficient (Wildman–Crippen LogP) is 4.89. The Hall–Kier alpha value is -0.830. The third-order valence-electron chi connectivity index (χ3n) is 3.68. The Morgan fingerprint density at radius 3 is 2.35 bits per heavy atom. The largest absolute Gasteiger partial charge is 0.345 e. The highest BCUT2D eigenvalue weighted by Gasteiger charge is 2.09. The summed E-state index contributed by atoms with van der Waals surface area (Å²) in [5.41, 5.74) is 0. The third-order valence-corrected chi connectivity index (χ3v) is 4.55. The van der Waals surface area contributed by atoms with Gasteiger partial charge < -0.3 is 4.90 Å². The fourth-order valence-electron chi connectivity index (χ4n) is 2.30. The molecule has 0 bridgehead atoms. The molecule has 0 spiro atoms. The van der Waals surface area contributed by atoms with E-state index in [1.807, 2.05) is 29.5 Å². The van der Waals surface area contributed by atoms with Crippen LogP contribution >= 0.6 is 11.3 Å². The molecule has 1 amide bonds. The molecule has 3 heteroatoms. The molecule has 0 saturated carbocycles. The molecule has 0 N–H and O–H groups in total. The van der Waals surface area contributed by atoms with Crippen molar-refractivity contribution in [3.8, 4) is 0 Å². The molecule has 0 aromatic carbocycles. The zero-order valence-corrected chi connectivity index (χ0v) is 13.9. The van der Waals surface area contributed by atoms with Crippen molar-refractivity contribution >= 4 is 17.2 Å². The van der Waals surface area contributed by atoms with Gasteiger partial charge in [-0.3, -0.25) is 4.79 Å². The van der Waals surface area contributed by atoms with E-state index < -0.39 is 0 Å². The lowest BCUT2D eigenvalue weighted by atomic mass is 10.1. The molecule has 0 atom stereocenters. The van der Waals surface area contributed by atoms with E-state index in [1.54, 1.807) is 11.3 Å². The van der Waals surface area contributed by atoms with Crippen molar-refractivity contribution in [3.63, 3.8) is 0 Å². The maximum absolute atomic E-state index is 12.0. The lowest BCUT2D eigenvalue weighted by Gasteiger charge is -2.16. The van der Waals surface area contributed by atoms with Crippen LogP contribution in [0.5, 0.6) is 0 Å². The van der Waals surface area contributed by atoms with Crippen LogP contribution < -0.4 is 0 Å². The van der Waals surface area contributed by atoms with Crippen LogP contribution in [0.25, 0.3) is 0 Å². The van der Waals surface area contributed by atoms with E-state index in [1.165, 1.54) is 44.9 Å². The molecule has 0 aliphatic carbocycles.